The number of nitrogens with two attached hydrogens (primary N) is 1. The minimum Gasteiger partial charge on any atom is -0.330 e. The summed E-state index contributed by atoms with van der Waals surface area (Å²) >= 11 is 3.40. The zero-order chi connectivity index (χ0) is 12.1. The summed E-state index contributed by atoms with van der Waals surface area (Å²) in [5.74, 6) is 0.660. The lowest BCUT2D eigenvalue weighted by atomic mass is 9.84. The number of rotatable bonds is 5. The summed E-state index contributed by atoms with van der Waals surface area (Å²) in [6.45, 7) is 2.69. The van der Waals surface area contributed by atoms with Crippen molar-refractivity contribution in [1.29, 1.82) is 0 Å². The second-order valence-corrected chi connectivity index (χ2v) is 5.68. The lowest BCUT2D eigenvalue weighted by Crippen LogP contribution is -2.43. The molecular formula is C12H21BrN4. The zero-order valence-corrected chi connectivity index (χ0v) is 11.7. The van der Waals surface area contributed by atoms with Crippen LogP contribution in [0.1, 0.15) is 25.7 Å². The topological polar surface area (TPSA) is 55.9 Å². The van der Waals surface area contributed by atoms with Crippen LogP contribution in [0, 0.1) is 5.92 Å². The monoisotopic (exact) mass is 300 g/mol. The van der Waals surface area contributed by atoms with Gasteiger partial charge < -0.3 is 11.1 Å². The number of nitrogens with one attached hydrogen (secondary N) is 1. The van der Waals surface area contributed by atoms with Gasteiger partial charge in [-0.2, -0.15) is 5.10 Å². The first-order valence-corrected chi connectivity index (χ1v) is 7.20. The van der Waals surface area contributed by atoms with E-state index in [1.165, 1.54) is 25.7 Å². The summed E-state index contributed by atoms with van der Waals surface area (Å²) in [5, 5.41) is 7.87. The van der Waals surface area contributed by atoms with Gasteiger partial charge in [0, 0.05) is 18.8 Å². The van der Waals surface area contributed by atoms with Crippen LogP contribution >= 0.6 is 15.9 Å². The maximum absolute atomic E-state index is 5.82. The molecule has 1 fully saturated rings. The SMILES string of the molecule is NCC1CCCCC1NCCn1cc(Br)cn1. The van der Waals surface area contributed by atoms with Crippen LogP contribution in [0.5, 0.6) is 0 Å². The Morgan fingerprint density at radius 3 is 3.00 bits per heavy atom. The van der Waals surface area contributed by atoms with Gasteiger partial charge in [-0.1, -0.05) is 12.8 Å². The Balaban J connectivity index is 1.73. The van der Waals surface area contributed by atoms with Crippen molar-refractivity contribution in [2.75, 3.05) is 13.1 Å². The van der Waals surface area contributed by atoms with Crippen LogP contribution in [0.2, 0.25) is 0 Å². The van der Waals surface area contributed by atoms with Gasteiger partial charge in [0.2, 0.25) is 0 Å². The van der Waals surface area contributed by atoms with E-state index in [1.807, 2.05) is 17.1 Å². The van der Waals surface area contributed by atoms with E-state index >= 15 is 0 Å². The van der Waals surface area contributed by atoms with Crippen LogP contribution in [0.15, 0.2) is 16.9 Å². The number of nitrogens with zero attached hydrogens (tertiary/aromatic N) is 2. The summed E-state index contributed by atoms with van der Waals surface area (Å²) in [5.41, 5.74) is 5.82. The van der Waals surface area contributed by atoms with Gasteiger partial charge in [-0.15, -0.1) is 0 Å². The number of hydrogen-bond donors (Lipinski definition) is 2. The highest BCUT2D eigenvalue weighted by Gasteiger charge is 2.22. The molecule has 0 aliphatic heterocycles. The van der Waals surface area contributed by atoms with E-state index in [2.05, 4.69) is 26.3 Å². The van der Waals surface area contributed by atoms with E-state index in [4.69, 9.17) is 5.73 Å². The molecular weight excluding hydrogens is 280 g/mol. The van der Waals surface area contributed by atoms with Gasteiger partial charge in [0.25, 0.3) is 0 Å². The average Bonchev–Trinajstić information content (AvgIpc) is 2.76. The molecule has 1 heterocycles. The molecule has 4 nitrogen and oxygen atoms in total. The molecule has 2 atom stereocenters. The van der Waals surface area contributed by atoms with Crippen molar-refractivity contribution in [2.24, 2.45) is 11.7 Å². The molecule has 0 saturated heterocycles. The summed E-state index contributed by atoms with van der Waals surface area (Å²) in [6.07, 6.45) is 9.05. The van der Waals surface area contributed by atoms with Gasteiger partial charge in [-0.25, -0.2) is 0 Å². The molecule has 1 aromatic rings. The van der Waals surface area contributed by atoms with Crippen molar-refractivity contribution < 1.29 is 0 Å². The van der Waals surface area contributed by atoms with Gasteiger partial charge in [-0.05, 0) is 41.2 Å². The Hall–Kier alpha value is -0.390. The first-order valence-electron chi connectivity index (χ1n) is 6.41. The molecule has 0 bridgehead atoms. The summed E-state index contributed by atoms with van der Waals surface area (Å²) in [7, 11) is 0. The highest BCUT2D eigenvalue weighted by Crippen LogP contribution is 2.23. The van der Waals surface area contributed by atoms with E-state index in [-0.39, 0.29) is 0 Å². The Morgan fingerprint density at radius 1 is 1.47 bits per heavy atom. The van der Waals surface area contributed by atoms with Crippen molar-refractivity contribution in [3.05, 3.63) is 16.9 Å². The molecule has 1 saturated carbocycles. The quantitative estimate of drug-likeness (QED) is 0.871. The average molecular weight is 301 g/mol. The van der Waals surface area contributed by atoms with Crippen LogP contribution in [0.3, 0.4) is 0 Å². The van der Waals surface area contributed by atoms with E-state index in [9.17, 15) is 0 Å². The minimum atomic E-state index is 0.604. The molecule has 2 rings (SSSR count). The molecule has 0 radical (unpaired) electrons. The molecule has 17 heavy (non-hydrogen) atoms. The molecule has 2 unspecified atom stereocenters. The molecule has 1 aliphatic carbocycles. The van der Waals surface area contributed by atoms with E-state index < -0.39 is 0 Å². The standard InChI is InChI=1S/C12H21BrN4/c13-11-8-16-17(9-11)6-5-15-12-4-2-1-3-10(12)7-14/h8-10,12,15H,1-7,14H2. The third-order valence-corrected chi connectivity index (χ3v) is 3.97. The lowest BCUT2D eigenvalue weighted by Gasteiger charge is -2.31. The van der Waals surface area contributed by atoms with E-state index in [1.54, 1.807) is 0 Å². The van der Waals surface area contributed by atoms with Crippen molar-refractivity contribution in [3.8, 4) is 0 Å². The van der Waals surface area contributed by atoms with Gasteiger partial charge >= 0.3 is 0 Å². The molecule has 96 valence electrons. The fourth-order valence-corrected chi connectivity index (χ4v) is 2.91. The fraction of sp³-hybridized carbons (Fsp3) is 0.750. The Morgan fingerprint density at radius 2 is 2.29 bits per heavy atom. The first-order chi connectivity index (χ1) is 8.29. The van der Waals surface area contributed by atoms with Gasteiger partial charge in [0.15, 0.2) is 0 Å². The minimum absolute atomic E-state index is 0.604. The highest BCUT2D eigenvalue weighted by atomic mass is 79.9. The molecule has 0 amide bonds. The van der Waals surface area contributed by atoms with Crippen molar-refractivity contribution >= 4 is 15.9 Å². The third-order valence-electron chi connectivity index (χ3n) is 3.56. The zero-order valence-electron chi connectivity index (χ0n) is 10.1. The molecule has 5 heteroatoms. The predicted octanol–water partition coefficient (Wildman–Crippen LogP) is 1.75. The van der Waals surface area contributed by atoms with Gasteiger partial charge in [0.05, 0.1) is 17.2 Å². The maximum atomic E-state index is 5.82. The molecule has 1 aliphatic rings. The Kier molecular flexibility index (Phi) is 5.00. The third kappa shape index (κ3) is 3.79. The first kappa shape index (κ1) is 13.1. The van der Waals surface area contributed by atoms with Crippen LogP contribution in [0.25, 0.3) is 0 Å². The highest BCUT2D eigenvalue weighted by molar-refractivity contribution is 9.10. The van der Waals surface area contributed by atoms with Crippen LogP contribution < -0.4 is 11.1 Å². The lowest BCUT2D eigenvalue weighted by molar-refractivity contribution is 0.265. The molecule has 0 aromatic carbocycles. The van der Waals surface area contributed by atoms with Crippen molar-refractivity contribution in [2.45, 2.75) is 38.3 Å². The van der Waals surface area contributed by atoms with Crippen LogP contribution in [-0.2, 0) is 6.54 Å². The Bertz CT molecular complexity index is 339. The van der Waals surface area contributed by atoms with Crippen LogP contribution in [-0.4, -0.2) is 28.9 Å². The van der Waals surface area contributed by atoms with E-state index in [0.717, 1.165) is 24.1 Å². The Labute approximate surface area is 111 Å². The van der Waals surface area contributed by atoms with E-state index in [0.29, 0.717) is 12.0 Å². The fourth-order valence-electron chi connectivity index (χ4n) is 2.58. The second kappa shape index (κ2) is 6.52. The molecule has 1 aromatic heterocycles. The smallest absolute Gasteiger partial charge is 0.0632 e. The molecule has 3 N–H and O–H groups in total. The second-order valence-electron chi connectivity index (χ2n) is 4.76. The number of halogens is 1. The maximum Gasteiger partial charge on any atom is 0.0632 e. The summed E-state index contributed by atoms with van der Waals surface area (Å²) < 4.78 is 2.99. The molecule has 0 spiro atoms. The number of aromatic nitrogens is 2. The van der Waals surface area contributed by atoms with Gasteiger partial charge in [0.1, 0.15) is 0 Å². The normalized spacial score (nSPS) is 25.1. The van der Waals surface area contributed by atoms with Gasteiger partial charge in [-0.3, -0.25) is 4.68 Å². The van der Waals surface area contributed by atoms with Crippen LogP contribution in [0.4, 0.5) is 0 Å². The largest absolute Gasteiger partial charge is 0.330 e. The van der Waals surface area contributed by atoms with Crippen molar-refractivity contribution in [1.82, 2.24) is 15.1 Å². The summed E-state index contributed by atoms with van der Waals surface area (Å²) in [6, 6.07) is 0.604. The predicted molar refractivity (Wildman–Crippen MR) is 72.7 cm³/mol. The number of hydrogen-bond acceptors (Lipinski definition) is 3. The van der Waals surface area contributed by atoms with Crippen molar-refractivity contribution in [3.63, 3.8) is 0 Å². The summed E-state index contributed by atoms with van der Waals surface area (Å²) in [4.78, 5) is 0.